The fourth-order valence-electron chi connectivity index (χ4n) is 3.39. The second kappa shape index (κ2) is 10.1. The van der Waals surface area contributed by atoms with E-state index in [1.54, 1.807) is 26.0 Å². The first kappa shape index (κ1) is 23.1. The summed E-state index contributed by atoms with van der Waals surface area (Å²) in [5, 5.41) is 3.16. The van der Waals surface area contributed by atoms with E-state index in [0.29, 0.717) is 34.9 Å². The first-order valence-corrected chi connectivity index (χ1v) is 10.5. The maximum absolute atomic E-state index is 12.9. The van der Waals surface area contributed by atoms with Crippen molar-refractivity contribution in [1.29, 1.82) is 0 Å². The van der Waals surface area contributed by atoms with E-state index in [2.05, 4.69) is 5.32 Å². The van der Waals surface area contributed by atoms with Crippen LogP contribution < -0.4 is 15.7 Å². The normalized spacial score (nSPS) is 11.8. The van der Waals surface area contributed by atoms with Crippen molar-refractivity contribution in [1.82, 2.24) is 5.32 Å². The van der Waals surface area contributed by atoms with Gasteiger partial charge in [-0.1, -0.05) is 43.7 Å². The van der Waals surface area contributed by atoms with E-state index in [9.17, 15) is 14.4 Å². The first-order valence-electron chi connectivity index (χ1n) is 10.5. The minimum absolute atomic E-state index is 0.0978. The van der Waals surface area contributed by atoms with Gasteiger partial charge in [-0.15, -0.1) is 0 Å². The molecule has 1 heterocycles. The Hall–Kier alpha value is -3.61. The molecule has 7 nitrogen and oxygen atoms in total. The van der Waals surface area contributed by atoms with Gasteiger partial charge in [-0.25, -0.2) is 14.4 Å². The second-order valence-electron chi connectivity index (χ2n) is 7.74. The van der Waals surface area contributed by atoms with E-state index in [-0.39, 0.29) is 12.4 Å². The molecule has 0 radical (unpaired) electrons. The number of amides is 1. The van der Waals surface area contributed by atoms with Gasteiger partial charge in [-0.2, -0.15) is 0 Å². The number of aryl methyl sites for hydroxylation is 2. The Morgan fingerprint density at radius 3 is 2.47 bits per heavy atom. The standard InChI is InChI=1S/C25H27NO6/c1-5-9-19(26-25(29)30-14-18-10-7-6-8-11-18)24(28)32-21-13-15(2)12-20-22(21)16(3)17(4)23(27)31-20/h6-8,10-13,19H,5,9,14H2,1-4H3,(H,26,29)/t19-/m1/s1. The predicted octanol–water partition coefficient (Wildman–Crippen LogP) is 4.72. The lowest BCUT2D eigenvalue weighted by molar-refractivity contribution is -0.136. The minimum atomic E-state index is -0.879. The van der Waals surface area contributed by atoms with Crippen LogP contribution in [-0.2, 0) is 16.1 Å². The van der Waals surface area contributed by atoms with Gasteiger partial charge in [0.05, 0.1) is 5.39 Å². The van der Waals surface area contributed by atoms with Crippen molar-refractivity contribution in [3.63, 3.8) is 0 Å². The molecule has 168 valence electrons. The zero-order valence-electron chi connectivity index (χ0n) is 18.7. The van der Waals surface area contributed by atoms with Gasteiger partial charge in [0.1, 0.15) is 24.0 Å². The Labute approximate surface area is 186 Å². The largest absolute Gasteiger partial charge is 0.445 e. The third-order valence-corrected chi connectivity index (χ3v) is 5.23. The van der Waals surface area contributed by atoms with E-state index >= 15 is 0 Å². The van der Waals surface area contributed by atoms with Gasteiger partial charge in [0.25, 0.3) is 0 Å². The molecule has 0 fully saturated rings. The maximum Gasteiger partial charge on any atom is 0.408 e. The summed E-state index contributed by atoms with van der Waals surface area (Å²) in [5.74, 6) is -0.325. The van der Waals surface area contributed by atoms with Crippen molar-refractivity contribution < 1.29 is 23.5 Å². The summed E-state index contributed by atoms with van der Waals surface area (Å²) >= 11 is 0. The third-order valence-electron chi connectivity index (χ3n) is 5.23. The number of hydrogen-bond donors (Lipinski definition) is 1. The SMILES string of the molecule is CCC[C@@H](NC(=O)OCc1ccccc1)C(=O)Oc1cc(C)cc2oc(=O)c(C)c(C)c12. The molecule has 7 heteroatoms. The highest BCUT2D eigenvalue weighted by Crippen LogP contribution is 2.31. The summed E-state index contributed by atoms with van der Waals surface area (Å²) < 4.78 is 16.3. The van der Waals surface area contributed by atoms with Crippen molar-refractivity contribution in [2.75, 3.05) is 0 Å². The molecule has 1 N–H and O–H groups in total. The summed E-state index contributed by atoms with van der Waals surface area (Å²) in [6.45, 7) is 7.26. The second-order valence-corrected chi connectivity index (χ2v) is 7.74. The summed E-state index contributed by atoms with van der Waals surface area (Å²) in [7, 11) is 0. The fourth-order valence-corrected chi connectivity index (χ4v) is 3.39. The topological polar surface area (TPSA) is 94.8 Å². The highest BCUT2D eigenvalue weighted by molar-refractivity contribution is 5.92. The molecule has 0 aliphatic heterocycles. The van der Waals surface area contributed by atoms with Crippen LogP contribution in [0.5, 0.6) is 5.75 Å². The van der Waals surface area contributed by atoms with Crippen molar-refractivity contribution in [3.05, 3.63) is 75.1 Å². The summed E-state index contributed by atoms with van der Waals surface area (Å²) in [5.41, 5.74) is 2.67. The molecule has 3 rings (SSSR count). The van der Waals surface area contributed by atoms with Crippen LogP contribution in [0.25, 0.3) is 11.0 Å². The average molecular weight is 437 g/mol. The van der Waals surface area contributed by atoms with E-state index in [0.717, 1.165) is 11.1 Å². The highest BCUT2D eigenvalue weighted by atomic mass is 16.6. The van der Waals surface area contributed by atoms with Gasteiger partial charge in [0.2, 0.25) is 0 Å². The van der Waals surface area contributed by atoms with Crippen LogP contribution in [0.2, 0.25) is 0 Å². The molecule has 0 bridgehead atoms. The molecule has 1 aromatic heterocycles. The van der Waals surface area contributed by atoms with E-state index in [1.165, 1.54) is 0 Å². The van der Waals surface area contributed by atoms with Crippen LogP contribution in [0.4, 0.5) is 4.79 Å². The number of ether oxygens (including phenoxy) is 2. The van der Waals surface area contributed by atoms with Crippen LogP contribution >= 0.6 is 0 Å². The monoisotopic (exact) mass is 437 g/mol. The van der Waals surface area contributed by atoms with Gasteiger partial charge in [-0.3, -0.25) is 0 Å². The van der Waals surface area contributed by atoms with Crippen molar-refractivity contribution >= 4 is 23.0 Å². The zero-order chi connectivity index (χ0) is 23.3. The molecule has 0 saturated carbocycles. The summed E-state index contributed by atoms with van der Waals surface area (Å²) in [6.07, 6.45) is 0.340. The van der Waals surface area contributed by atoms with Crippen molar-refractivity contribution in [2.24, 2.45) is 0 Å². The lowest BCUT2D eigenvalue weighted by atomic mass is 10.0. The Morgan fingerprint density at radius 2 is 1.78 bits per heavy atom. The number of hydrogen-bond acceptors (Lipinski definition) is 6. The molecule has 0 spiro atoms. The average Bonchev–Trinajstić information content (AvgIpc) is 2.76. The molecule has 0 unspecified atom stereocenters. The number of rotatable bonds is 7. The van der Waals surface area contributed by atoms with Gasteiger partial charge < -0.3 is 19.2 Å². The fraction of sp³-hybridized carbons (Fsp3) is 0.320. The highest BCUT2D eigenvalue weighted by Gasteiger charge is 2.24. The Kier molecular flexibility index (Phi) is 7.30. The Bertz CT molecular complexity index is 1180. The van der Waals surface area contributed by atoms with E-state index in [4.69, 9.17) is 13.9 Å². The van der Waals surface area contributed by atoms with Crippen LogP contribution in [0.15, 0.2) is 51.7 Å². The molecule has 0 aliphatic carbocycles. The molecular formula is C25H27NO6. The number of alkyl carbamates (subject to hydrolysis) is 1. The number of fused-ring (bicyclic) bond motifs is 1. The van der Waals surface area contributed by atoms with Gasteiger partial charge in [-0.05, 0) is 56.0 Å². The van der Waals surface area contributed by atoms with Gasteiger partial charge >= 0.3 is 17.7 Å². The number of carbonyl (C=O) groups is 2. The zero-order valence-corrected chi connectivity index (χ0v) is 18.7. The number of benzene rings is 2. The third kappa shape index (κ3) is 5.35. The quantitative estimate of drug-likeness (QED) is 0.327. The Morgan fingerprint density at radius 1 is 1.06 bits per heavy atom. The van der Waals surface area contributed by atoms with Gasteiger partial charge in [0, 0.05) is 5.56 Å². The van der Waals surface area contributed by atoms with E-state index in [1.807, 2.05) is 44.2 Å². The van der Waals surface area contributed by atoms with Crippen LogP contribution in [0.3, 0.4) is 0 Å². The predicted molar refractivity (Wildman–Crippen MR) is 121 cm³/mol. The maximum atomic E-state index is 12.9. The summed E-state index contributed by atoms with van der Waals surface area (Å²) in [6, 6.07) is 11.8. The summed E-state index contributed by atoms with van der Waals surface area (Å²) in [4.78, 5) is 37.3. The molecule has 1 amide bonds. The lowest BCUT2D eigenvalue weighted by Crippen LogP contribution is -2.43. The van der Waals surface area contributed by atoms with Gasteiger partial charge in [0.15, 0.2) is 0 Å². The molecule has 32 heavy (non-hydrogen) atoms. The van der Waals surface area contributed by atoms with E-state index < -0.39 is 23.7 Å². The van der Waals surface area contributed by atoms with Crippen molar-refractivity contribution in [3.8, 4) is 5.75 Å². The first-order chi connectivity index (χ1) is 15.3. The molecule has 0 saturated heterocycles. The smallest absolute Gasteiger partial charge is 0.408 e. The van der Waals surface area contributed by atoms with Crippen LogP contribution in [0, 0.1) is 20.8 Å². The molecule has 3 aromatic rings. The van der Waals surface area contributed by atoms with Crippen LogP contribution in [0.1, 0.15) is 42.0 Å². The van der Waals surface area contributed by atoms with Crippen LogP contribution in [-0.4, -0.2) is 18.1 Å². The number of carbonyl (C=O) groups excluding carboxylic acids is 2. The Balaban J connectivity index is 1.78. The lowest BCUT2D eigenvalue weighted by Gasteiger charge is -2.18. The molecule has 2 aromatic carbocycles. The molecule has 0 aliphatic rings. The molecular weight excluding hydrogens is 410 g/mol. The molecule has 1 atom stereocenters. The minimum Gasteiger partial charge on any atom is -0.445 e. The number of nitrogens with one attached hydrogen (secondary N) is 1. The number of esters is 1. The van der Waals surface area contributed by atoms with Crippen molar-refractivity contribution in [2.45, 2.75) is 53.2 Å².